The molecule has 0 spiro atoms. The van der Waals surface area contributed by atoms with Crippen molar-refractivity contribution < 1.29 is 23.7 Å². The van der Waals surface area contributed by atoms with Crippen LogP contribution in [0.1, 0.15) is 33.5 Å². The molecule has 188 valence electrons. The molecule has 1 heterocycles. The summed E-state index contributed by atoms with van der Waals surface area (Å²) in [6, 6.07) is 17.5. The summed E-state index contributed by atoms with van der Waals surface area (Å²) in [4.78, 5) is 15.1. The Morgan fingerprint density at radius 1 is 0.944 bits per heavy atom. The third-order valence-corrected chi connectivity index (χ3v) is 6.18. The number of amides is 1. The van der Waals surface area contributed by atoms with Gasteiger partial charge in [0.05, 0.1) is 34.7 Å². The summed E-state index contributed by atoms with van der Waals surface area (Å²) in [5.41, 5.74) is 7.44. The lowest BCUT2D eigenvalue weighted by molar-refractivity contribution is 0.0954. The molecule has 1 aliphatic heterocycles. The Hall–Kier alpha value is -4.20. The number of aryl methyl sites for hydroxylation is 1. The van der Waals surface area contributed by atoms with E-state index in [-0.39, 0.29) is 0 Å². The van der Waals surface area contributed by atoms with Crippen molar-refractivity contribution in [3.8, 4) is 23.0 Å². The number of ether oxygens (including phenoxy) is 4. The highest BCUT2D eigenvalue weighted by Gasteiger charge is 2.19. The van der Waals surface area contributed by atoms with E-state index in [1.54, 1.807) is 25.5 Å². The SMILES string of the molecule is COc1ccc(/C=N/NC(=O)c2cc(OC)c(OC)c(OC)c2)cc1CN1CCCc2ccccc21. The zero-order chi connectivity index (χ0) is 25.5. The fourth-order valence-corrected chi connectivity index (χ4v) is 4.43. The number of benzene rings is 3. The highest BCUT2D eigenvalue weighted by atomic mass is 16.5. The summed E-state index contributed by atoms with van der Waals surface area (Å²) >= 11 is 0. The minimum atomic E-state index is -0.399. The van der Waals surface area contributed by atoms with E-state index in [1.807, 2.05) is 18.2 Å². The number of anilines is 1. The second-order valence-electron chi connectivity index (χ2n) is 8.34. The molecule has 0 aromatic heterocycles. The Labute approximate surface area is 211 Å². The Morgan fingerprint density at radius 2 is 1.67 bits per heavy atom. The number of nitrogens with one attached hydrogen (secondary N) is 1. The van der Waals surface area contributed by atoms with Crippen LogP contribution < -0.4 is 29.3 Å². The van der Waals surface area contributed by atoms with Gasteiger partial charge in [-0.3, -0.25) is 4.79 Å². The molecule has 0 atom stereocenters. The highest BCUT2D eigenvalue weighted by Crippen LogP contribution is 2.38. The number of carbonyl (C=O) groups excluding carboxylic acids is 1. The molecule has 0 unspecified atom stereocenters. The van der Waals surface area contributed by atoms with Crippen molar-refractivity contribution in [3.63, 3.8) is 0 Å². The van der Waals surface area contributed by atoms with Crippen LogP contribution in [-0.2, 0) is 13.0 Å². The lowest BCUT2D eigenvalue weighted by atomic mass is 10.0. The predicted molar refractivity (Wildman–Crippen MR) is 140 cm³/mol. The smallest absolute Gasteiger partial charge is 0.271 e. The van der Waals surface area contributed by atoms with Gasteiger partial charge >= 0.3 is 0 Å². The highest BCUT2D eigenvalue weighted by molar-refractivity contribution is 5.96. The van der Waals surface area contributed by atoms with Crippen molar-refractivity contribution in [1.29, 1.82) is 0 Å². The van der Waals surface area contributed by atoms with Crippen molar-refractivity contribution in [3.05, 3.63) is 76.9 Å². The van der Waals surface area contributed by atoms with Crippen LogP contribution >= 0.6 is 0 Å². The Bertz CT molecular complexity index is 1230. The molecule has 0 aliphatic carbocycles. The predicted octanol–water partition coefficient (Wildman–Crippen LogP) is 4.44. The Balaban J connectivity index is 1.50. The van der Waals surface area contributed by atoms with Gasteiger partial charge in [-0.15, -0.1) is 0 Å². The van der Waals surface area contributed by atoms with Crippen LogP contribution in [0, 0.1) is 0 Å². The van der Waals surface area contributed by atoms with Crippen LogP contribution in [0.15, 0.2) is 59.7 Å². The first-order valence-corrected chi connectivity index (χ1v) is 11.7. The first kappa shape index (κ1) is 24.9. The zero-order valence-electron chi connectivity index (χ0n) is 21.0. The van der Waals surface area contributed by atoms with E-state index in [1.165, 1.54) is 32.6 Å². The zero-order valence-corrected chi connectivity index (χ0v) is 21.0. The molecule has 36 heavy (non-hydrogen) atoms. The van der Waals surface area contributed by atoms with Gasteiger partial charge in [-0.05, 0) is 60.4 Å². The third kappa shape index (κ3) is 5.38. The van der Waals surface area contributed by atoms with Crippen molar-refractivity contribution in [1.82, 2.24) is 5.43 Å². The number of carbonyl (C=O) groups is 1. The van der Waals surface area contributed by atoms with Crippen LogP contribution in [0.5, 0.6) is 23.0 Å². The molecule has 0 fully saturated rings. The number of hydrogen-bond acceptors (Lipinski definition) is 7. The topological polar surface area (TPSA) is 81.6 Å². The standard InChI is InChI=1S/C28H31N3O5/c1-33-24-12-11-19(14-22(24)18-31-13-7-9-20-8-5-6-10-23(20)31)17-29-30-28(32)21-15-25(34-2)27(36-4)26(16-21)35-3/h5-6,8,10-12,14-17H,7,9,13,18H2,1-4H3,(H,30,32)/b29-17+. The van der Waals surface area contributed by atoms with E-state index in [4.69, 9.17) is 18.9 Å². The van der Waals surface area contributed by atoms with Crippen molar-refractivity contribution in [2.75, 3.05) is 39.9 Å². The average molecular weight is 490 g/mol. The van der Waals surface area contributed by atoms with Crippen molar-refractivity contribution in [2.24, 2.45) is 5.10 Å². The average Bonchev–Trinajstić information content (AvgIpc) is 2.92. The fraction of sp³-hybridized carbons (Fsp3) is 0.286. The van der Waals surface area contributed by atoms with Gasteiger partial charge in [0.2, 0.25) is 5.75 Å². The molecular weight excluding hydrogens is 458 g/mol. The lowest BCUT2D eigenvalue weighted by Gasteiger charge is -2.31. The molecule has 3 aromatic carbocycles. The number of rotatable bonds is 9. The van der Waals surface area contributed by atoms with Gasteiger partial charge in [-0.1, -0.05) is 18.2 Å². The van der Waals surface area contributed by atoms with Crippen LogP contribution in [0.3, 0.4) is 0 Å². The molecular formula is C28H31N3O5. The van der Waals surface area contributed by atoms with E-state index in [0.717, 1.165) is 42.8 Å². The minimum absolute atomic E-state index is 0.334. The lowest BCUT2D eigenvalue weighted by Crippen LogP contribution is -2.29. The number of hydrogen-bond donors (Lipinski definition) is 1. The number of para-hydroxylation sites is 1. The summed E-state index contributed by atoms with van der Waals surface area (Å²) in [6.45, 7) is 1.71. The third-order valence-electron chi connectivity index (χ3n) is 6.18. The maximum Gasteiger partial charge on any atom is 0.271 e. The number of nitrogens with zero attached hydrogens (tertiary/aromatic N) is 2. The molecule has 3 aromatic rings. The molecule has 8 heteroatoms. The van der Waals surface area contributed by atoms with E-state index in [2.05, 4.69) is 39.7 Å². The fourth-order valence-electron chi connectivity index (χ4n) is 4.43. The molecule has 4 rings (SSSR count). The molecule has 1 amide bonds. The van der Waals surface area contributed by atoms with Gasteiger partial charge in [-0.2, -0.15) is 5.10 Å². The summed E-state index contributed by atoms with van der Waals surface area (Å²) in [7, 11) is 6.19. The summed E-state index contributed by atoms with van der Waals surface area (Å²) in [6.07, 6.45) is 3.83. The molecule has 0 bridgehead atoms. The van der Waals surface area contributed by atoms with Crippen LogP contribution in [0.4, 0.5) is 5.69 Å². The monoisotopic (exact) mass is 489 g/mol. The second-order valence-corrected chi connectivity index (χ2v) is 8.34. The van der Waals surface area contributed by atoms with Gasteiger partial charge in [0, 0.05) is 29.9 Å². The quantitative estimate of drug-likeness (QED) is 0.354. The summed E-state index contributed by atoms with van der Waals surface area (Å²) in [5, 5.41) is 4.16. The van der Waals surface area contributed by atoms with Crippen molar-refractivity contribution in [2.45, 2.75) is 19.4 Å². The molecule has 0 saturated carbocycles. The maximum atomic E-state index is 12.7. The Kier molecular flexibility index (Phi) is 7.95. The Morgan fingerprint density at radius 3 is 2.36 bits per heavy atom. The molecule has 1 N–H and O–H groups in total. The van der Waals surface area contributed by atoms with Crippen LogP contribution in [0.2, 0.25) is 0 Å². The normalized spacial score (nSPS) is 12.7. The van der Waals surface area contributed by atoms with E-state index < -0.39 is 5.91 Å². The second kappa shape index (κ2) is 11.5. The minimum Gasteiger partial charge on any atom is -0.496 e. The van der Waals surface area contributed by atoms with E-state index >= 15 is 0 Å². The van der Waals surface area contributed by atoms with Crippen LogP contribution in [-0.4, -0.2) is 47.1 Å². The first-order valence-electron chi connectivity index (χ1n) is 11.7. The summed E-state index contributed by atoms with van der Waals surface area (Å²) in [5.74, 6) is 1.62. The van der Waals surface area contributed by atoms with Gasteiger partial charge in [0.15, 0.2) is 11.5 Å². The molecule has 0 radical (unpaired) electrons. The number of hydrazone groups is 1. The maximum absolute atomic E-state index is 12.7. The van der Waals surface area contributed by atoms with E-state index in [0.29, 0.717) is 22.8 Å². The summed E-state index contributed by atoms with van der Waals surface area (Å²) < 4.78 is 21.6. The van der Waals surface area contributed by atoms with Crippen LogP contribution in [0.25, 0.3) is 0 Å². The number of methoxy groups -OCH3 is 4. The van der Waals surface area contributed by atoms with Gasteiger partial charge in [0.25, 0.3) is 5.91 Å². The van der Waals surface area contributed by atoms with Gasteiger partial charge < -0.3 is 23.8 Å². The van der Waals surface area contributed by atoms with Crippen molar-refractivity contribution >= 4 is 17.8 Å². The van der Waals surface area contributed by atoms with Gasteiger partial charge in [-0.25, -0.2) is 5.43 Å². The van der Waals surface area contributed by atoms with E-state index in [9.17, 15) is 4.79 Å². The largest absolute Gasteiger partial charge is 0.496 e. The first-order chi connectivity index (χ1) is 17.6. The van der Waals surface area contributed by atoms with Gasteiger partial charge in [0.1, 0.15) is 5.75 Å². The number of fused-ring (bicyclic) bond motifs is 1. The molecule has 8 nitrogen and oxygen atoms in total. The molecule has 1 aliphatic rings. The molecule has 0 saturated heterocycles.